The van der Waals surface area contributed by atoms with Crippen LogP contribution in [-0.2, 0) is 27.4 Å². The van der Waals surface area contributed by atoms with Gasteiger partial charge < -0.3 is 20.7 Å². The number of hydrogen-bond acceptors (Lipinski definition) is 4. The van der Waals surface area contributed by atoms with E-state index < -0.39 is 24.1 Å². The third-order valence-corrected chi connectivity index (χ3v) is 5.19. The summed E-state index contributed by atoms with van der Waals surface area (Å²) in [4.78, 5) is 37.3. The van der Waals surface area contributed by atoms with Gasteiger partial charge in [-0.05, 0) is 48.9 Å². The summed E-state index contributed by atoms with van der Waals surface area (Å²) in [6.07, 6.45) is 4.22. The number of nitrogens with one attached hydrogen (secondary N) is 3. The van der Waals surface area contributed by atoms with Crippen LogP contribution in [0.3, 0.4) is 0 Å². The highest BCUT2D eigenvalue weighted by Gasteiger charge is 2.24. The van der Waals surface area contributed by atoms with E-state index in [1.54, 1.807) is 18.2 Å². The van der Waals surface area contributed by atoms with Gasteiger partial charge in [-0.15, -0.1) is 0 Å². The average molecular weight is 454 g/mol. The van der Waals surface area contributed by atoms with Crippen molar-refractivity contribution in [2.45, 2.75) is 44.4 Å². The topological polar surface area (TPSA) is 96.5 Å². The highest BCUT2D eigenvalue weighted by Crippen LogP contribution is 2.10. The van der Waals surface area contributed by atoms with E-state index in [4.69, 9.17) is 4.74 Å². The Hall–Kier alpha value is -3.68. The van der Waals surface area contributed by atoms with E-state index in [0.717, 1.165) is 5.56 Å². The molecule has 0 fully saturated rings. The van der Waals surface area contributed by atoms with Crippen LogP contribution >= 0.6 is 0 Å². The van der Waals surface area contributed by atoms with Gasteiger partial charge in [-0.1, -0.05) is 48.5 Å². The molecule has 0 spiro atoms. The number of amides is 3. The third-order valence-electron chi connectivity index (χ3n) is 5.19. The Labute approximate surface area is 192 Å². The lowest BCUT2D eigenvalue weighted by molar-refractivity contribution is -0.124. The second kappa shape index (κ2) is 12.4. The van der Waals surface area contributed by atoms with Crippen LogP contribution in [0.25, 0.3) is 0 Å². The number of carbonyl (C=O) groups is 3. The number of rotatable bonds is 5. The lowest BCUT2D eigenvalue weighted by Crippen LogP contribution is -2.50. The summed E-state index contributed by atoms with van der Waals surface area (Å²) in [5.41, 5.74) is 1.51. The summed E-state index contributed by atoms with van der Waals surface area (Å²) in [7, 11) is 0. The zero-order valence-electron chi connectivity index (χ0n) is 18.3. The zero-order chi connectivity index (χ0) is 23.5. The largest absolute Gasteiger partial charge is 0.445 e. The summed E-state index contributed by atoms with van der Waals surface area (Å²) in [5, 5.41) is 8.29. The quantitative estimate of drug-likeness (QED) is 0.649. The molecule has 1 aliphatic heterocycles. The van der Waals surface area contributed by atoms with Crippen molar-refractivity contribution < 1.29 is 23.5 Å². The van der Waals surface area contributed by atoms with Gasteiger partial charge in [0.2, 0.25) is 11.8 Å². The molecule has 0 bridgehead atoms. The van der Waals surface area contributed by atoms with E-state index in [9.17, 15) is 18.8 Å². The smallest absolute Gasteiger partial charge is 0.408 e. The second-order valence-corrected chi connectivity index (χ2v) is 7.85. The molecule has 2 atom stereocenters. The molecule has 174 valence electrons. The van der Waals surface area contributed by atoms with Crippen molar-refractivity contribution in [1.29, 1.82) is 0 Å². The molecule has 0 radical (unpaired) electrons. The molecular formula is C25H28FN3O4. The van der Waals surface area contributed by atoms with E-state index in [-0.39, 0.29) is 18.3 Å². The molecule has 3 rings (SSSR count). The van der Waals surface area contributed by atoms with Crippen molar-refractivity contribution in [3.8, 4) is 0 Å². The number of hydrogen-bond donors (Lipinski definition) is 3. The van der Waals surface area contributed by atoms with Crippen LogP contribution in [0.1, 0.15) is 30.4 Å². The Morgan fingerprint density at radius 1 is 1.06 bits per heavy atom. The van der Waals surface area contributed by atoms with Gasteiger partial charge >= 0.3 is 6.09 Å². The van der Waals surface area contributed by atoms with Crippen LogP contribution < -0.4 is 16.0 Å². The first-order valence-electron chi connectivity index (χ1n) is 11.0. The van der Waals surface area contributed by atoms with Crippen molar-refractivity contribution >= 4 is 17.9 Å². The van der Waals surface area contributed by atoms with Gasteiger partial charge in [-0.25, -0.2) is 9.18 Å². The maximum atomic E-state index is 13.6. The van der Waals surface area contributed by atoms with Crippen LogP contribution in [0, 0.1) is 5.82 Å². The summed E-state index contributed by atoms with van der Waals surface area (Å²) < 4.78 is 18.9. The Balaban J connectivity index is 1.67. The first-order chi connectivity index (χ1) is 16.0. The van der Waals surface area contributed by atoms with Crippen LogP contribution in [-0.4, -0.2) is 36.5 Å². The Morgan fingerprint density at radius 3 is 2.64 bits per heavy atom. The third kappa shape index (κ3) is 8.40. The highest BCUT2D eigenvalue weighted by atomic mass is 19.1. The maximum Gasteiger partial charge on any atom is 0.408 e. The summed E-state index contributed by atoms with van der Waals surface area (Å²) >= 11 is 0. The van der Waals surface area contributed by atoms with Crippen molar-refractivity contribution in [2.75, 3.05) is 6.54 Å². The van der Waals surface area contributed by atoms with Crippen LogP contribution in [0.5, 0.6) is 0 Å². The lowest BCUT2D eigenvalue weighted by Gasteiger charge is -2.22. The van der Waals surface area contributed by atoms with E-state index >= 15 is 0 Å². The lowest BCUT2D eigenvalue weighted by atomic mass is 10.0. The van der Waals surface area contributed by atoms with E-state index in [1.165, 1.54) is 18.2 Å². The van der Waals surface area contributed by atoms with E-state index in [1.807, 2.05) is 30.3 Å². The van der Waals surface area contributed by atoms with Gasteiger partial charge in [0.15, 0.2) is 0 Å². The molecule has 0 unspecified atom stereocenters. The molecule has 1 aliphatic rings. The van der Waals surface area contributed by atoms with Crippen LogP contribution in [0.15, 0.2) is 66.7 Å². The Bertz CT molecular complexity index is 981. The fourth-order valence-electron chi connectivity index (χ4n) is 3.49. The minimum Gasteiger partial charge on any atom is -0.445 e. The molecule has 3 N–H and O–H groups in total. The van der Waals surface area contributed by atoms with Crippen molar-refractivity contribution in [3.63, 3.8) is 0 Å². The SMILES string of the molecule is O=C1/C=C/[C@H](Cc2cccc(F)c2)NC(=O)[C@@H](NC(=O)OCc2ccccc2)CCCCN1. The fraction of sp³-hybridized carbons (Fsp3) is 0.320. The molecule has 2 aromatic rings. The molecule has 0 saturated carbocycles. The van der Waals surface area contributed by atoms with Crippen LogP contribution in [0.2, 0.25) is 0 Å². The molecule has 33 heavy (non-hydrogen) atoms. The first-order valence-corrected chi connectivity index (χ1v) is 11.0. The number of ether oxygens (including phenoxy) is 1. The maximum absolute atomic E-state index is 13.6. The number of alkyl carbamates (subject to hydrolysis) is 1. The van der Waals surface area contributed by atoms with Crippen molar-refractivity contribution in [1.82, 2.24) is 16.0 Å². The molecule has 3 amide bonds. The van der Waals surface area contributed by atoms with Gasteiger partial charge in [-0.2, -0.15) is 0 Å². The summed E-state index contributed by atoms with van der Waals surface area (Å²) in [5.74, 6) is -1.03. The minimum absolute atomic E-state index is 0.0952. The van der Waals surface area contributed by atoms with Crippen LogP contribution in [0.4, 0.5) is 9.18 Å². The molecule has 7 nitrogen and oxygen atoms in total. The minimum atomic E-state index is -0.799. The zero-order valence-corrected chi connectivity index (χ0v) is 18.3. The van der Waals surface area contributed by atoms with Gasteiger partial charge in [0.05, 0.1) is 6.04 Å². The van der Waals surface area contributed by atoms with Gasteiger partial charge in [0.1, 0.15) is 18.5 Å². The molecule has 1 heterocycles. The summed E-state index contributed by atoms with van der Waals surface area (Å²) in [6, 6.07) is 13.9. The standard InChI is InChI=1S/C25H28FN3O4/c26-20-10-6-9-19(15-20)16-21-12-13-23(30)27-14-5-4-11-22(24(31)28-21)29-25(32)33-17-18-7-2-1-3-8-18/h1-3,6-10,12-13,15,21-22H,4-5,11,14,16-17H2,(H,27,30)(H,28,31)(H,29,32)/b13-12+/t21-,22+/m1/s1. The number of benzene rings is 2. The summed E-state index contributed by atoms with van der Waals surface area (Å²) in [6.45, 7) is 0.558. The fourth-order valence-corrected chi connectivity index (χ4v) is 3.49. The molecule has 0 aliphatic carbocycles. The monoisotopic (exact) mass is 453 g/mol. The van der Waals surface area contributed by atoms with E-state index in [2.05, 4.69) is 16.0 Å². The van der Waals surface area contributed by atoms with Crippen molar-refractivity contribution in [2.24, 2.45) is 0 Å². The molecule has 0 aromatic heterocycles. The predicted molar refractivity (Wildman–Crippen MR) is 122 cm³/mol. The highest BCUT2D eigenvalue weighted by molar-refractivity contribution is 5.88. The molecule has 0 saturated heterocycles. The average Bonchev–Trinajstić information content (AvgIpc) is 2.80. The van der Waals surface area contributed by atoms with Crippen molar-refractivity contribution in [3.05, 3.63) is 83.7 Å². The Morgan fingerprint density at radius 2 is 1.85 bits per heavy atom. The number of halogens is 1. The molecule has 2 aromatic carbocycles. The van der Waals surface area contributed by atoms with Gasteiger partial charge in [0.25, 0.3) is 0 Å². The molecular weight excluding hydrogens is 425 g/mol. The first kappa shape index (κ1) is 24.0. The normalized spacial score (nSPS) is 20.4. The van der Waals surface area contributed by atoms with E-state index in [0.29, 0.717) is 37.8 Å². The second-order valence-electron chi connectivity index (χ2n) is 7.85. The van der Waals surface area contributed by atoms with Gasteiger partial charge in [-0.3, -0.25) is 9.59 Å². The predicted octanol–water partition coefficient (Wildman–Crippen LogP) is 3.00. The molecule has 8 heteroatoms. The van der Waals surface area contributed by atoms with Gasteiger partial charge in [0, 0.05) is 12.6 Å². The number of carbonyl (C=O) groups excluding carboxylic acids is 3. The Kier molecular flexibility index (Phi) is 8.99.